The van der Waals surface area contributed by atoms with Crippen molar-refractivity contribution < 1.29 is 18.3 Å². The summed E-state index contributed by atoms with van der Waals surface area (Å²) in [6.45, 7) is 0.687. The van der Waals surface area contributed by atoms with Crippen LogP contribution in [-0.2, 0) is 14.8 Å². The van der Waals surface area contributed by atoms with Gasteiger partial charge in [0.15, 0.2) is 0 Å². The molecule has 2 aliphatic rings. The number of carbonyl (C=O) groups is 1. The molecule has 1 aliphatic heterocycles. The van der Waals surface area contributed by atoms with E-state index in [1.165, 1.54) is 15.6 Å². The van der Waals surface area contributed by atoms with Gasteiger partial charge in [-0.15, -0.1) is 11.3 Å². The van der Waals surface area contributed by atoms with E-state index >= 15 is 0 Å². The molecule has 2 fully saturated rings. The van der Waals surface area contributed by atoms with Gasteiger partial charge in [-0.2, -0.15) is 4.31 Å². The second kappa shape index (κ2) is 7.73. The second-order valence-corrected chi connectivity index (χ2v) is 10.1. The van der Waals surface area contributed by atoms with Crippen molar-refractivity contribution in [1.82, 2.24) is 9.21 Å². The monoisotopic (exact) mass is 386 g/mol. The van der Waals surface area contributed by atoms with E-state index < -0.39 is 16.1 Å². The number of nitrogens with zero attached hydrogens (tertiary/aromatic N) is 2. The van der Waals surface area contributed by atoms with Crippen LogP contribution in [0.25, 0.3) is 0 Å². The Labute approximate surface area is 153 Å². The van der Waals surface area contributed by atoms with Crippen molar-refractivity contribution in [1.29, 1.82) is 0 Å². The molecular formula is C17H26N2O4S2. The zero-order valence-corrected chi connectivity index (χ0v) is 16.1. The number of hydrogen-bond acceptors (Lipinski definition) is 5. The number of sulfonamides is 1. The quantitative estimate of drug-likeness (QED) is 0.857. The molecule has 1 N–H and O–H groups in total. The molecule has 0 radical (unpaired) electrons. The molecule has 1 aromatic heterocycles. The van der Waals surface area contributed by atoms with Gasteiger partial charge in [-0.25, -0.2) is 8.42 Å². The summed E-state index contributed by atoms with van der Waals surface area (Å²) in [5, 5.41) is 11.9. The number of carbonyl (C=O) groups excluding carboxylic acids is 1. The Morgan fingerprint density at radius 2 is 2.04 bits per heavy atom. The highest BCUT2D eigenvalue weighted by Crippen LogP contribution is 2.29. The Balaban J connectivity index is 1.69. The van der Waals surface area contributed by atoms with Crippen molar-refractivity contribution in [3.63, 3.8) is 0 Å². The summed E-state index contributed by atoms with van der Waals surface area (Å²) in [5.74, 6) is -0.375. The van der Waals surface area contributed by atoms with Gasteiger partial charge in [-0.3, -0.25) is 4.79 Å². The maximum atomic E-state index is 12.9. The van der Waals surface area contributed by atoms with Gasteiger partial charge in [0.1, 0.15) is 4.21 Å². The largest absolute Gasteiger partial charge is 0.391 e. The molecule has 6 nitrogen and oxygen atoms in total. The summed E-state index contributed by atoms with van der Waals surface area (Å²) in [7, 11) is -1.77. The van der Waals surface area contributed by atoms with Crippen LogP contribution in [0.3, 0.4) is 0 Å². The average molecular weight is 387 g/mol. The molecule has 0 unspecified atom stereocenters. The summed E-state index contributed by atoms with van der Waals surface area (Å²) in [5.41, 5.74) is 0. The molecule has 1 saturated heterocycles. The third-order valence-corrected chi connectivity index (χ3v) is 8.60. The van der Waals surface area contributed by atoms with Crippen molar-refractivity contribution >= 4 is 27.3 Å². The van der Waals surface area contributed by atoms with Crippen LogP contribution in [-0.4, -0.2) is 60.9 Å². The number of amides is 1. The SMILES string of the molecule is CN(C(=O)[C@@H]1CCCN(S(=O)(=O)c2cccs2)C1)[C@@H]1CCCC[C@@H]1O. The van der Waals surface area contributed by atoms with Crippen LogP contribution in [0.2, 0.25) is 0 Å². The zero-order chi connectivity index (χ0) is 18.0. The molecule has 140 valence electrons. The first-order chi connectivity index (χ1) is 11.9. The smallest absolute Gasteiger partial charge is 0.252 e. The van der Waals surface area contributed by atoms with E-state index in [1.807, 2.05) is 0 Å². The molecule has 1 amide bonds. The Hall–Kier alpha value is -0.960. The molecule has 3 rings (SSSR count). The van der Waals surface area contributed by atoms with Crippen LogP contribution < -0.4 is 0 Å². The molecule has 8 heteroatoms. The highest BCUT2D eigenvalue weighted by atomic mass is 32.2. The topological polar surface area (TPSA) is 77.9 Å². The van der Waals surface area contributed by atoms with E-state index in [-0.39, 0.29) is 24.4 Å². The molecule has 25 heavy (non-hydrogen) atoms. The number of thiophene rings is 1. The lowest BCUT2D eigenvalue weighted by Gasteiger charge is -2.39. The number of piperidine rings is 1. The van der Waals surface area contributed by atoms with Gasteiger partial charge in [0.2, 0.25) is 5.91 Å². The average Bonchev–Trinajstić information content (AvgIpc) is 3.16. The fourth-order valence-corrected chi connectivity index (χ4v) is 6.56. The summed E-state index contributed by atoms with van der Waals surface area (Å²) in [4.78, 5) is 14.6. The fraction of sp³-hybridized carbons (Fsp3) is 0.706. The molecule has 0 spiro atoms. The fourth-order valence-electron chi connectivity index (χ4n) is 3.89. The molecule has 1 aromatic rings. The minimum atomic E-state index is -3.51. The summed E-state index contributed by atoms with van der Waals surface area (Å²) in [6, 6.07) is 3.18. The third-order valence-electron chi connectivity index (χ3n) is 5.36. The van der Waals surface area contributed by atoms with Gasteiger partial charge in [0.25, 0.3) is 10.0 Å². The van der Waals surface area contributed by atoms with Crippen LogP contribution in [0.1, 0.15) is 38.5 Å². The van der Waals surface area contributed by atoms with Crippen molar-refractivity contribution in [2.24, 2.45) is 5.92 Å². The van der Waals surface area contributed by atoms with E-state index in [0.717, 1.165) is 25.7 Å². The zero-order valence-electron chi connectivity index (χ0n) is 14.5. The predicted molar refractivity (Wildman–Crippen MR) is 96.8 cm³/mol. The maximum absolute atomic E-state index is 12.9. The molecule has 3 atom stereocenters. The molecule has 1 saturated carbocycles. The Kier molecular flexibility index (Phi) is 5.82. The number of rotatable bonds is 4. The number of aliphatic hydroxyl groups excluding tert-OH is 1. The Morgan fingerprint density at radius 3 is 2.72 bits per heavy atom. The first-order valence-electron chi connectivity index (χ1n) is 8.89. The number of hydrogen-bond donors (Lipinski definition) is 1. The lowest BCUT2D eigenvalue weighted by Crippen LogP contribution is -2.51. The lowest BCUT2D eigenvalue weighted by atomic mass is 9.90. The highest BCUT2D eigenvalue weighted by molar-refractivity contribution is 7.91. The second-order valence-electron chi connectivity index (χ2n) is 7.00. The molecular weight excluding hydrogens is 360 g/mol. The van der Waals surface area contributed by atoms with Crippen LogP contribution in [0, 0.1) is 5.92 Å². The van der Waals surface area contributed by atoms with E-state index in [0.29, 0.717) is 23.6 Å². The minimum absolute atomic E-state index is 0.0444. The Bertz CT molecular complexity index is 690. The lowest BCUT2D eigenvalue weighted by molar-refractivity contribution is -0.140. The van der Waals surface area contributed by atoms with Crippen LogP contribution in [0.5, 0.6) is 0 Å². The van der Waals surface area contributed by atoms with Crippen LogP contribution >= 0.6 is 11.3 Å². The summed E-state index contributed by atoms with van der Waals surface area (Å²) in [6.07, 6.45) is 4.46. The van der Waals surface area contributed by atoms with Crippen molar-refractivity contribution in [3.8, 4) is 0 Å². The van der Waals surface area contributed by atoms with Crippen molar-refractivity contribution in [2.75, 3.05) is 20.1 Å². The van der Waals surface area contributed by atoms with E-state index in [2.05, 4.69) is 0 Å². The molecule has 0 bridgehead atoms. The van der Waals surface area contributed by atoms with Crippen molar-refractivity contribution in [3.05, 3.63) is 17.5 Å². The van der Waals surface area contributed by atoms with Gasteiger partial charge >= 0.3 is 0 Å². The predicted octanol–water partition coefficient (Wildman–Crippen LogP) is 1.91. The standard InChI is InChI=1S/C17H26N2O4S2/c1-18(14-7-2-3-8-15(14)20)17(21)13-6-4-10-19(12-13)25(22,23)16-9-5-11-24-16/h5,9,11,13-15,20H,2-4,6-8,10,12H2,1H3/t13-,14-,15+/m1/s1. The van der Waals surface area contributed by atoms with Gasteiger partial charge in [-0.05, 0) is 37.1 Å². The molecule has 2 heterocycles. The van der Waals surface area contributed by atoms with Crippen LogP contribution in [0.15, 0.2) is 21.7 Å². The third kappa shape index (κ3) is 3.92. The maximum Gasteiger partial charge on any atom is 0.252 e. The highest BCUT2D eigenvalue weighted by Gasteiger charge is 2.37. The van der Waals surface area contributed by atoms with Gasteiger partial charge in [-0.1, -0.05) is 18.9 Å². The number of aliphatic hydroxyl groups is 1. The van der Waals surface area contributed by atoms with Gasteiger partial charge < -0.3 is 10.0 Å². The minimum Gasteiger partial charge on any atom is -0.391 e. The van der Waals surface area contributed by atoms with Crippen molar-refractivity contribution in [2.45, 2.75) is 54.9 Å². The molecule has 0 aromatic carbocycles. The van der Waals surface area contributed by atoms with E-state index in [4.69, 9.17) is 0 Å². The van der Waals surface area contributed by atoms with Gasteiger partial charge in [0, 0.05) is 20.1 Å². The number of likely N-dealkylation sites (N-methyl/N-ethyl adjacent to an activating group) is 1. The molecule has 1 aliphatic carbocycles. The van der Waals surface area contributed by atoms with Crippen LogP contribution in [0.4, 0.5) is 0 Å². The first-order valence-corrected chi connectivity index (χ1v) is 11.2. The summed E-state index contributed by atoms with van der Waals surface area (Å²) >= 11 is 1.20. The first kappa shape index (κ1) is 18.8. The Morgan fingerprint density at radius 1 is 1.28 bits per heavy atom. The normalized spacial score (nSPS) is 28.6. The van der Waals surface area contributed by atoms with Gasteiger partial charge in [0.05, 0.1) is 18.1 Å². The van der Waals surface area contributed by atoms with E-state index in [1.54, 1.807) is 29.5 Å². The summed E-state index contributed by atoms with van der Waals surface area (Å²) < 4.78 is 27.2. The van der Waals surface area contributed by atoms with E-state index in [9.17, 15) is 18.3 Å².